The molecule has 2 N–H and O–H groups in total. The lowest BCUT2D eigenvalue weighted by Crippen LogP contribution is -2.46. The summed E-state index contributed by atoms with van der Waals surface area (Å²) in [5.74, 6) is 1.49. The fourth-order valence-electron chi connectivity index (χ4n) is 2.60. The topological polar surface area (TPSA) is 39.7 Å². The second-order valence-electron chi connectivity index (χ2n) is 5.91. The van der Waals surface area contributed by atoms with Gasteiger partial charge in [0.1, 0.15) is 0 Å². The molecule has 0 aromatic carbocycles. The van der Waals surface area contributed by atoms with Crippen LogP contribution in [0.15, 0.2) is 17.1 Å². The van der Waals surface area contributed by atoms with Gasteiger partial charge in [-0.2, -0.15) is 0 Å². The van der Waals surface area contributed by atoms with Crippen LogP contribution in [-0.4, -0.2) is 43.1 Å². The molecule has 0 bridgehead atoms. The smallest absolute Gasteiger partial charge is 0.191 e. The highest BCUT2D eigenvalue weighted by atomic mass is 127. The van der Waals surface area contributed by atoms with Crippen molar-refractivity contribution in [3.05, 3.63) is 21.3 Å². The number of thiophene rings is 1. The van der Waals surface area contributed by atoms with Gasteiger partial charge in [-0.3, -0.25) is 9.89 Å². The van der Waals surface area contributed by atoms with Crippen molar-refractivity contribution in [1.82, 2.24) is 15.5 Å². The monoisotopic (exact) mass is 456 g/mol. The first-order valence-corrected chi connectivity index (χ1v) is 8.64. The van der Waals surface area contributed by atoms with E-state index >= 15 is 0 Å². The number of nitrogens with zero attached hydrogens (tertiary/aromatic N) is 2. The highest BCUT2D eigenvalue weighted by molar-refractivity contribution is 14.0. The van der Waals surface area contributed by atoms with Crippen LogP contribution in [0.1, 0.15) is 25.6 Å². The van der Waals surface area contributed by atoms with Crippen molar-refractivity contribution in [2.24, 2.45) is 10.9 Å². The van der Waals surface area contributed by atoms with Crippen LogP contribution in [0.2, 0.25) is 4.34 Å². The lowest BCUT2D eigenvalue weighted by atomic mass is 10.1. The van der Waals surface area contributed by atoms with Crippen molar-refractivity contribution < 1.29 is 0 Å². The third kappa shape index (κ3) is 5.54. The van der Waals surface area contributed by atoms with E-state index in [0.29, 0.717) is 18.0 Å². The average Bonchev–Trinajstić information content (AvgIpc) is 3.01. The first kappa shape index (κ1) is 20.0. The Labute approximate surface area is 159 Å². The minimum atomic E-state index is 0. The number of halogens is 2. The predicted octanol–water partition coefficient (Wildman–Crippen LogP) is 3.41. The van der Waals surface area contributed by atoms with Gasteiger partial charge in [0.25, 0.3) is 0 Å². The zero-order valence-electron chi connectivity index (χ0n) is 13.6. The maximum absolute atomic E-state index is 5.95. The molecule has 2 atom stereocenters. The molecule has 2 rings (SSSR count). The summed E-state index contributed by atoms with van der Waals surface area (Å²) >= 11 is 7.55. The van der Waals surface area contributed by atoms with Gasteiger partial charge >= 0.3 is 0 Å². The van der Waals surface area contributed by atoms with Gasteiger partial charge in [0.2, 0.25) is 0 Å². The van der Waals surface area contributed by atoms with Crippen LogP contribution in [-0.2, 0) is 6.54 Å². The molecule has 1 aliphatic rings. The van der Waals surface area contributed by atoms with Gasteiger partial charge in [0, 0.05) is 37.1 Å². The Morgan fingerprint density at radius 2 is 2.18 bits per heavy atom. The van der Waals surface area contributed by atoms with Crippen LogP contribution < -0.4 is 10.6 Å². The zero-order chi connectivity index (χ0) is 15.4. The lowest BCUT2D eigenvalue weighted by molar-refractivity contribution is 0.265. The fraction of sp³-hybridized carbons (Fsp3) is 0.667. The largest absolute Gasteiger partial charge is 0.352 e. The molecule has 0 spiro atoms. The van der Waals surface area contributed by atoms with Gasteiger partial charge in [0.05, 0.1) is 10.9 Å². The minimum Gasteiger partial charge on any atom is -0.352 e. The molecule has 4 nitrogen and oxygen atoms in total. The van der Waals surface area contributed by atoms with Crippen molar-refractivity contribution in [2.75, 3.05) is 20.1 Å². The van der Waals surface area contributed by atoms with Crippen LogP contribution in [0.5, 0.6) is 0 Å². The second kappa shape index (κ2) is 9.30. The molecule has 2 heterocycles. The van der Waals surface area contributed by atoms with Crippen molar-refractivity contribution in [3.63, 3.8) is 0 Å². The van der Waals surface area contributed by atoms with Crippen molar-refractivity contribution in [1.29, 1.82) is 0 Å². The van der Waals surface area contributed by atoms with Crippen LogP contribution >= 0.6 is 46.9 Å². The van der Waals surface area contributed by atoms with E-state index in [-0.39, 0.29) is 24.0 Å². The summed E-state index contributed by atoms with van der Waals surface area (Å²) in [5.41, 5.74) is 0. The highest BCUT2D eigenvalue weighted by Crippen LogP contribution is 2.21. The van der Waals surface area contributed by atoms with Gasteiger partial charge in [-0.1, -0.05) is 18.5 Å². The normalized spacial score (nSPS) is 22.7. The van der Waals surface area contributed by atoms with Crippen LogP contribution in [0.25, 0.3) is 0 Å². The Morgan fingerprint density at radius 1 is 1.45 bits per heavy atom. The number of hydrogen-bond donors (Lipinski definition) is 2. The quantitative estimate of drug-likeness (QED) is 0.414. The molecule has 0 saturated carbocycles. The molecule has 1 fully saturated rings. The number of nitrogens with one attached hydrogen (secondary N) is 2. The fourth-order valence-corrected chi connectivity index (χ4v) is 3.63. The summed E-state index contributed by atoms with van der Waals surface area (Å²) in [6.07, 6.45) is 0. The Morgan fingerprint density at radius 3 is 2.68 bits per heavy atom. The molecule has 126 valence electrons. The van der Waals surface area contributed by atoms with Crippen LogP contribution in [0.3, 0.4) is 0 Å². The summed E-state index contributed by atoms with van der Waals surface area (Å²) in [5, 5.41) is 6.91. The third-order valence-electron chi connectivity index (χ3n) is 3.98. The molecule has 22 heavy (non-hydrogen) atoms. The molecule has 1 saturated heterocycles. The van der Waals surface area contributed by atoms with Crippen molar-refractivity contribution in [2.45, 2.75) is 39.4 Å². The zero-order valence-corrected chi connectivity index (χ0v) is 17.5. The van der Waals surface area contributed by atoms with Gasteiger partial charge in [0.15, 0.2) is 5.96 Å². The van der Waals surface area contributed by atoms with E-state index in [1.807, 2.05) is 19.2 Å². The van der Waals surface area contributed by atoms with E-state index in [4.69, 9.17) is 11.6 Å². The van der Waals surface area contributed by atoms with Gasteiger partial charge in [-0.05, 0) is 31.9 Å². The van der Waals surface area contributed by atoms with E-state index in [1.54, 1.807) is 11.3 Å². The van der Waals surface area contributed by atoms with E-state index in [9.17, 15) is 0 Å². The molecular formula is C15H26ClIN4S. The van der Waals surface area contributed by atoms with E-state index in [2.05, 4.69) is 41.3 Å². The average molecular weight is 457 g/mol. The number of likely N-dealkylation sites (tertiary alicyclic amines) is 1. The minimum absolute atomic E-state index is 0. The van der Waals surface area contributed by atoms with Gasteiger partial charge in [-0.15, -0.1) is 35.3 Å². The highest BCUT2D eigenvalue weighted by Gasteiger charge is 2.31. The summed E-state index contributed by atoms with van der Waals surface area (Å²) in [6.45, 7) is 9.78. The van der Waals surface area contributed by atoms with E-state index < -0.39 is 0 Å². The Bertz CT molecular complexity index is 492. The third-order valence-corrected chi connectivity index (χ3v) is 5.21. The first-order valence-electron chi connectivity index (χ1n) is 7.45. The van der Waals surface area contributed by atoms with Crippen molar-refractivity contribution in [3.8, 4) is 0 Å². The molecule has 0 radical (unpaired) electrons. The SMILES string of the molecule is CN=C(NCc1ccc(Cl)s1)NC1CN(C(C)C)CC1C.I. The molecule has 1 aromatic heterocycles. The predicted molar refractivity (Wildman–Crippen MR) is 108 cm³/mol. The number of rotatable bonds is 4. The molecular weight excluding hydrogens is 431 g/mol. The van der Waals surface area contributed by atoms with E-state index in [1.165, 1.54) is 4.88 Å². The Kier molecular flexibility index (Phi) is 8.45. The standard InChI is InChI=1S/C15H25ClN4S.HI/c1-10(2)20-8-11(3)13(9-20)19-15(17-4)18-7-12-5-6-14(16)21-12;/h5-6,10-11,13H,7-9H2,1-4H3,(H2,17,18,19);1H. The molecule has 1 aliphatic heterocycles. The molecule has 7 heteroatoms. The number of aliphatic imine (C=N–C) groups is 1. The number of hydrogen-bond acceptors (Lipinski definition) is 3. The molecule has 1 aromatic rings. The Balaban J connectivity index is 0.00000242. The van der Waals surface area contributed by atoms with Crippen LogP contribution in [0, 0.1) is 5.92 Å². The number of guanidine groups is 1. The second-order valence-corrected chi connectivity index (χ2v) is 7.71. The van der Waals surface area contributed by atoms with E-state index in [0.717, 1.165) is 29.9 Å². The first-order chi connectivity index (χ1) is 9.99. The van der Waals surface area contributed by atoms with Gasteiger partial charge in [-0.25, -0.2) is 0 Å². The van der Waals surface area contributed by atoms with Crippen LogP contribution in [0.4, 0.5) is 0 Å². The Hall–Kier alpha value is -0.0500. The van der Waals surface area contributed by atoms with Gasteiger partial charge < -0.3 is 10.6 Å². The summed E-state index contributed by atoms with van der Waals surface area (Å²) < 4.78 is 0.826. The summed E-state index contributed by atoms with van der Waals surface area (Å²) in [7, 11) is 1.82. The maximum atomic E-state index is 5.95. The summed E-state index contributed by atoms with van der Waals surface area (Å²) in [4.78, 5) is 8.05. The molecule has 2 unspecified atom stereocenters. The maximum Gasteiger partial charge on any atom is 0.191 e. The molecule has 0 amide bonds. The lowest BCUT2D eigenvalue weighted by Gasteiger charge is -2.21. The summed E-state index contributed by atoms with van der Waals surface area (Å²) in [6, 6.07) is 5.03. The molecule has 0 aliphatic carbocycles. The van der Waals surface area contributed by atoms with Crippen molar-refractivity contribution >= 4 is 52.9 Å².